The maximum atomic E-state index is 12.3. The third-order valence-corrected chi connectivity index (χ3v) is 4.43. The van der Waals surface area contributed by atoms with Gasteiger partial charge in [-0.3, -0.25) is 0 Å². The summed E-state index contributed by atoms with van der Waals surface area (Å²) in [6, 6.07) is 4.09. The normalized spacial score (nSPS) is 13.2. The van der Waals surface area contributed by atoms with Crippen LogP contribution in [0.1, 0.15) is 18.9 Å². The Bertz CT molecular complexity index is 530. The van der Waals surface area contributed by atoms with E-state index in [2.05, 4.69) is 4.72 Å². The zero-order valence-corrected chi connectivity index (χ0v) is 12.7. The smallest absolute Gasteiger partial charge is 0.240 e. The largest absolute Gasteiger partial charge is 0.496 e. The minimum atomic E-state index is -3.65. The summed E-state index contributed by atoms with van der Waals surface area (Å²) in [7, 11) is -0.661. The molecule has 1 aromatic rings. The molecule has 0 spiro atoms. The molecular formula is C13H21NO5S. The Hall–Kier alpha value is -1.15. The predicted molar refractivity (Wildman–Crippen MR) is 75.2 cm³/mol. The van der Waals surface area contributed by atoms with E-state index in [-0.39, 0.29) is 17.5 Å². The van der Waals surface area contributed by atoms with Crippen molar-refractivity contribution in [1.29, 1.82) is 0 Å². The third-order valence-electron chi connectivity index (χ3n) is 2.91. The molecule has 1 unspecified atom stereocenters. The summed E-state index contributed by atoms with van der Waals surface area (Å²) in [4.78, 5) is 0.0944. The average molecular weight is 303 g/mol. The maximum absolute atomic E-state index is 12.3. The average Bonchev–Trinajstić information content (AvgIpc) is 2.45. The molecule has 0 bridgehead atoms. The molecule has 1 atom stereocenters. The first-order valence-corrected chi connectivity index (χ1v) is 7.75. The van der Waals surface area contributed by atoms with Crippen LogP contribution in [0.3, 0.4) is 0 Å². The number of methoxy groups -OCH3 is 2. The molecule has 7 heteroatoms. The number of ether oxygens (including phenoxy) is 2. The number of aliphatic hydroxyl groups is 1. The van der Waals surface area contributed by atoms with Gasteiger partial charge >= 0.3 is 0 Å². The molecule has 0 saturated carbocycles. The zero-order chi connectivity index (χ0) is 15.2. The van der Waals surface area contributed by atoms with Crippen molar-refractivity contribution in [3.63, 3.8) is 0 Å². The first-order valence-electron chi connectivity index (χ1n) is 6.27. The van der Waals surface area contributed by atoms with Gasteiger partial charge in [-0.25, -0.2) is 13.1 Å². The fourth-order valence-corrected chi connectivity index (χ4v) is 3.12. The van der Waals surface area contributed by atoms with E-state index >= 15 is 0 Å². The standard InChI is InChI=1S/C13H21NO5S/c1-4-11(9-18-2)14-20(16,17)12-5-6-13(19-3)10(7-12)8-15/h5-7,11,14-15H,4,8-9H2,1-3H3. The second-order valence-corrected chi connectivity index (χ2v) is 6.03. The first-order chi connectivity index (χ1) is 9.48. The highest BCUT2D eigenvalue weighted by Gasteiger charge is 2.20. The summed E-state index contributed by atoms with van der Waals surface area (Å²) < 4.78 is 37.1. The van der Waals surface area contributed by atoms with Crippen LogP contribution < -0.4 is 9.46 Å². The molecule has 1 rings (SSSR count). The van der Waals surface area contributed by atoms with Crippen LogP contribution in [-0.2, 0) is 21.4 Å². The van der Waals surface area contributed by atoms with Crippen molar-refractivity contribution < 1.29 is 23.0 Å². The number of aliphatic hydroxyl groups excluding tert-OH is 1. The molecule has 6 nitrogen and oxygen atoms in total. The van der Waals surface area contributed by atoms with Gasteiger partial charge in [0.25, 0.3) is 0 Å². The highest BCUT2D eigenvalue weighted by atomic mass is 32.2. The Morgan fingerprint density at radius 1 is 1.35 bits per heavy atom. The van der Waals surface area contributed by atoms with E-state index in [1.165, 1.54) is 32.4 Å². The summed E-state index contributed by atoms with van der Waals surface area (Å²) in [5, 5.41) is 9.24. The maximum Gasteiger partial charge on any atom is 0.240 e. The Morgan fingerprint density at radius 3 is 2.55 bits per heavy atom. The lowest BCUT2D eigenvalue weighted by molar-refractivity contribution is 0.173. The lowest BCUT2D eigenvalue weighted by Crippen LogP contribution is -2.37. The highest BCUT2D eigenvalue weighted by Crippen LogP contribution is 2.22. The molecule has 0 aromatic heterocycles. The summed E-state index contributed by atoms with van der Waals surface area (Å²) in [5.74, 6) is 0.454. The van der Waals surface area contributed by atoms with E-state index in [0.29, 0.717) is 24.3 Å². The van der Waals surface area contributed by atoms with Gasteiger partial charge in [-0.2, -0.15) is 0 Å². The molecule has 0 fully saturated rings. The number of hydrogen-bond donors (Lipinski definition) is 2. The molecule has 0 aliphatic carbocycles. The van der Waals surface area contributed by atoms with Gasteiger partial charge in [0, 0.05) is 18.7 Å². The van der Waals surface area contributed by atoms with E-state index in [1.54, 1.807) is 0 Å². The number of hydrogen-bond acceptors (Lipinski definition) is 5. The van der Waals surface area contributed by atoms with Crippen LogP contribution >= 0.6 is 0 Å². The van der Waals surface area contributed by atoms with E-state index in [1.807, 2.05) is 6.92 Å². The second kappa shape index (κ2) is 7.58. The molecule has 20 heavy (non-hydrogen) atoms. The predicted octanol–water partition coefficient (Wildman–Crippen LogP) is 0.891. The van der Waals surface area contributed by atoms with Crippen molar-refractivity contribution in [2.24, 2.45) is 0 Å². The fraction of sp³-hybridized carbons (Fsp3) is 0.538. The number of nitrogens with one attached hydrogen (secondary N) is 1. The van der Waals surface area contributed by atoms with Crippen molar-refractivity contribution in [2.45, 2.75) is 30.9 Å². The summed E-state index contributed by atoms with van der Waals surface area (Å²) >= 11 is 0. The quantitative estimate of drug-likeness (QED) is 0.745. The lowest BCUT2D eigenvalue weighted by atomic mass is 10.2. The van der Waals surface area contributed by atoms with Crippen molar-refractivity contribution in [1.82, 2.24) is 4.72 Å². The van der Waals surface area contributed by atoms with Crippen molar-refractivity contribution in [2.75, 3.05) is 20.8 Å². The fourth-order valence-electron chi connectivity index (χ4n) is 1.77. The highest BCUT2D eigenvalue weighted by molar-refractivity contribution is 7.89. The molecule has 0 aliphatic heterocycles. The second-order valence-electron chi connectivity index (χ2n) is 4.31. The Morgan fingerprint density at radius 2 is 2.05 bits per heavy atom. The van der Waals surface area contributed by atoms with Crippen LogP contribution in [-0.4, -0.2) is 40.4 Å². The van der Waals surface area contributed by atoms with Crippen LogP contribution in [0.4, 0.5) is 0 Å². The summed E-state index contributed by atoms with van der Waals surface area (Å²) in [5.41, 5.74) is 0.426. The van der Waals surface area contributed by atoms with E-state index in [9.17, 15) is 13.5 Å². The van der Waals surface area contributed by atoms with Crippen LogP contribution in [0.5, 0.6) is 5.75 Å². The van der Waals surface area contributed by atoms with Crippen molar-refractivity contribution in [3.05, 3.63) is 23.8 Å². The van der Waals surface area contributed by atoms with Gasteiger partial charge in [0.1, 0.15) is 5.75 Å². The minimum absolute atomic E-state index is 0.0944. The third kappa shape index (κ3) is 4.17. The van der Waals surface area contributed by atoms with E-state index in [0.717, 1.165) is 0 Å². The van der Waals surface area contributed by atoms with E-state index < -0.39 is 10.0 Å². The molecule has 1 aromatic carbocycles. The summed E-state index contributed by atoms with van der Waals surface area (Å²) in [6.45, 7) is 1.89. The molecule has 0 amide bonds. The zero-order valence-electron chi connectivity index (χ0n) is 11.9. The van der Waals surface area contributed by atoms with Gasteiger partial charge in [-0.1, -0.05) is 6.92 Å². The van der Waals surface area contributed by atoms with Crippen LogP contribution in [0.2, 0.25) is 0 Å². The van der Waals surface area contributed by atoms with Crippen LogP contribution in [0.15, 0.2) is 23.1 Å². The topological polar surface area (TPSA) is 84.9 Å². The molecule has 2 N–H and O–H groups in total. The van der Waals surface area contributed by atoms with Crippen LogP contribution in [0.25, 0.3) is 0 Å². The van der Waals surface area contributed by atoms with Crippen LogP contribution in [0, 0.1) is 0 Å². The van der Waals surface area contributed by atoms with Crippen molar-refractivity contribution in [3.8, 4) is 5.75 Å². The Balaban J connectivity index is 3.03. The molecule has 114 valence electrons. The molecule has 0 heterocycles. The van der Waals surface area contributed by atoms with Gasteiger partial charge in [0.2, 0.25) is 10.0 Å². The van der Waals surface area contributed by atoms with Gasteiger partial charge in [-0.05, 0) is 24.6 Å². The van der Waals surface area contributed by atoms with E-state index in [4.69, 9.17) is 9.47 Å². The minimum Gasteiger partial charge on any atom is -0.496 e. The van der Waals surface area contributed by atoms with Gasteiger partial charge in [0.05, 0.1) is 25.2 Å². The van der Waals surface area contributed by atoms with Gasteiger partial charge < -0.3 is 14.6 Å². The van der Waals surface area contributed by atoms with Gasteiger partial charge in [-0.15, -0.1) is 0 Å². The summed E-state index contributed by atoms with van der Waals surface area (Å²) in [6.07, 6.45) is 0.621. The number of rotatable bonds is 8. The molecular weight excluding hydrogens is 282 g/mol. The molecule has 0 radical (unpaired) electrons. The Kier molecular flexibility index (Phi) is 6.41. The monoisotopic (exact) mass is 303 g/mol. The molecule has 0 saturated heterocycles. The lowest BCUT2D eigenvalue weighted by Gasteiger charge is -2.17. The SMILES string of the molecule is CCC(COC)NS(=O)(=O)c1ccc(OC)c(CO)c1. The van der Waals surface area contributed by atoms with Crippen molar-refractivity contribution >= 4 is 10.0 Å². The number of benzene rings is 1. The van der Waals surface area contributed by atoms with Gasteiger partial charge in [0.15, 0.2) is 0 Å². The molecule has 0 aliphatic rings. The Labute approximate surface area is 119 Å². The first kappa shape index (κ1) is 16.9. The number of sulfonamides is 1.